The highest BCUT2D eigenvalue weighted by atomic mass is 16.6. The van der Waals surface area contributed by atoms with E-state index in [1.807, 2.05) is 6.07 Å². The molecule has 3 rings (SSSR count). The number of nitrogens with zero attached hydrogens (tertiary/aromatic N) is 1. The van der Waals surface area contributed by atoms with Crippen LogP contribution in [0.25, 0.3) is 0 Å². The van der Waals surface area contributed by atoms with Gasteiger partial charge in [0.25, 0.3) is 17.5 Å². The van der Waals surface area contributed by atoms with Gasteiger partial charge in [0.15, 0.2) is 0 Å². The number of carbonyl (C=O) groups is 2. The van der Waals surface area contributed by atoms with Crippen LogP contribution in [0, 0.1) is 17.0 Å². The minimum absolute atomic E-state index is 0.114. The maximum absolute atomic E-state index is 12.4. The molecule has 0 aliphatic rings. The van der Waals surface area contributed by atoms with Gasteiger partial charge in [-0.15, -0.1) is 0 Å². The zero-order valence-electron chi connectivity index (χ0n) is 15.0. The summed E-state index contributed by atoms with van der Waals surface area (Å²) < 4.78 is 0. The number of nitrogens with one attached hydrogen (secondary N) is 2. The van der Waals surface area contributed by atoms with Gasteiger partial charge >= 0.3 is 0 Å². The molecule has 7 nitrogen and oxygen atoms in total. The number of nitro groups is 1. The van der Waals surface area contributed by atoms with Crippen LogP contribution in [0.5, 0.6) is 0 Å². The van der Waals surface area contributed by atoms with E-state index in [1.54, 1.807) is 55.5 Å². The predicted octanol–water partition coefficient (Wildman–Crippen LogP) is 4.41. The SMILES string of the molecule is Cc1ccc(C(=O)Nc2cccc(NC(=O)c3ccccc3)c2)cc1[N+](=O)[O-]. The van der Waals surface area contributed by atoms with Crippen LogP contribution in [0.3, 0.4) is 0 Å². The maximum atomic E-state index is 12.4. The first-order valence-electron chi connectivity index (χ1n) is 8.47. The fourth-order valence-corrected chi connectivity index (χ4v) is 2.62. The molecule has 0 atom stereocenters. The normalized spacial score (nSPS) is 10.2. The summed E-state index contributed by atoms with van der Waals surface area (Å²) in [6, 6.07) is 19.7. The van der Waals surface area contributed by atoms with Crippen LogP contribution in [-0.4, -0.2) is 16.7 Å². The Morgan fingerprint density at radius 2 is 1.39 bits per heavy atom. The number of hydrogen-bond donors (Lipinski definition) is 2. The first-order valence-corrected chi connectivity index (χ1v) is 8.47. The van der Waals surface area contributed by atoms with Gasteiger partial charge in [-0.25, -0.2) is 0 Å². The molecule has 0 heterocycles. The Hall–Kier alpha value is -4.00. The van der Waals surface area contributed by atoms with Gasteiger partial charge in [-0.3, -0.25) is 19.7 Å². The second kappa shape index (κ2) is 8.13. The van der Waals surface area contributed by atoms with Crippen molar-refractivity contribution >= 4 is 28.9 Å². The van der Waals surface area contributed by atoms with E-state index in [0.29, 0.717) is 22.5 Å². The molecule has 0 aromatic heterocycles. The number of rotatable bonds is 5. The largest absolute Gasteiger partial charge is 0.322 e. The number of amides is 2. The van der Waals surface area contributed by atoms with Gasteiger partial charge in [0.1, 0.15) is 0 Å². The summed E-state index contributed by atoms with van der Waals surface area (Å²) in [6.45, 7) is 1.61. The fourth-order valence-electron chi connectivity index (χ4n) is 2.62. The molecule has 140 valence electrons. The minimum Gasteiger partial charge on any atom is -0.322 e. The Morgan fingerprint density at radius 3 is 2.00 bits per heavy atom. The lowest BCUT2D eigenvalue weighted by Gasteiger charge is -2.09. The Kier molecular flexibility index (Phi) is 5.45. The highest BCUT2D eigenvalue weighted by molar-refractivity contribution is 6.06. The van der Waals surface area contributed by atoms with Gasteiger partial charge in [-0.05, 0) is 43.3 Å². The van der Waals surface area contributed by atoms with Crippen molar-refractivity contribution in [1.29, 1.82) is 0 Å². The lowest BCUT2D eigenvalue weighted by Crippen LogP contribution is -2.14. The predicted molar refractivity (Wildman–Crippen MR) is 107 cm³/mol. The van der Waals surface area contributed by atoms with E-state index in [2.05, 4.69) is 10.6 Å². The van der Waals surface area contributed by atoms with Crippen LogP contribution in [-0.2, 0) is 0 Å². The molecular formula is C21H17N3O4. The van der Waals surface area contributed by atoms with E-state index in [4.69, 9.17) is 0 Å². The summed E-state index contributed by atoms with van der Waals surface area (Å²) in [5.41, 5.74) is 2.03. The summed E-state index contributed by atoms with van der Waals surface area (Å²) in [5, 5.41) is 16.5. The number of aryl methyl sites for hydroxylation is 1. The molecule has 0 fully saturated rings. The molecule has 2 amide bonds. The molecule has 3 aromatic rings. The van der Waals surface area contributed by atoms with Crippen LogP contribution in [0.2, 0.25) is 0 Å². The molecule has 0 unspecified atom stereocenters. The van der Waals surface area contributed by atoms with Crippen molar-refractivity contribution in [3.63, 3.8) is 0 Å². The molecule has 3 aromatic carbocycles. The lowest BCUT2D eigenvalue weighted by atomic mass is 10.1. The van der Waals surface area contributed by atoms with Crippen molar-refractivity contribution in [2.45, 2.75) is 6.92 Å². The van der Waals surface area contributed by atoms with Gasteiger partial charge in [0.2, 0.25) is 0 Å². The van der Waals surface area contributed by atoms with Crippen molar-refractivity contribution < 1.29 is 14.5 Å². The average molecular weight is 375 g/mol. The third kappa shape index (κ3) is 4.39. The van der Waals surface area contributed by atoms with Crippen molar-refractivity contribution in [3.05, 3.63) is 99.6 Å². The van der Waals surface area contributed by atoms with Crippen molar-refractivity contribution in [1.82, 2.24) is 0 Å². The zero-order valence-corrected chi connectivity index (χ0v) is 15.0. The molecule has 0 aliphatic carbocycles. The molecule has 0 saturated heterocycles. The fraction of sp³-hybridized carbons (Fsp3) is 0.0476. The molecule has 28 heavy (non-hydrogen) atoms. The molecule has 0 aliphatic heterocycles. The molecule has 0 saturated carbocycles. The standard InChI is InChI=1S/C21H17N3O4/c1-14-10-11-16(12-19(14)24(27)28)21(26)23-18-9-5-8-17(13-18)22-20(25)15-6-3-2-4-7-15/h2-13H,1H3,(H,22,25)(H,23,26). The molecular weight excluding hydrogens is 358 g/mol. The van der Waals surface area contributed by atoms with E-state index >= 15 is 0 Å². The Bertz CT molecular complexity index is 1050. The quantitative estimate of drug-likeness (QED) is 0.509. The maximum Gasteiger partial charge on any atom is 0.273 e. The molecule has 0 radical (unpaired) electrons. The van der Waals surface area contributed by atoms with Crippen LogP contribution in [0.1, 0.15) is 26.3 Å². The Morgan fingerprint density at radius 1 is 0.786 bits per heavy atom. The monoisotopic (exact) mass is 375 g/mol. The van der Waals surface area contributed by atoms with Crippen LogP contribution in [0.4, 0.5) is 17.1 Å². The van der Waals surface area contributed by atoms with Gasteiger partial charge in [-0.2, -0.15) is 0 Å². The summed E-state index contributed by atoms with van der Waals surface area (Å²) in [7, 11) is 0. The Labute approximate surface area is 161 Å². The second-order valence-corrected chi connectivity index (χ2v) is 6.11. The summed E-state index contributed by atoms with van der Waals surface area (Å²) in [6.07, 6.45) is 0. The molecule has 2 N–H and O–H groups in total. The summed E-state index contributed by atoms with van der Waals surface area (Å²) in [4.78, 5) is 35.2. The van der Waals surface area contributed by atoms with Crippen molar-refractivity contribution in [3.8, 4) is 0 Å². The first-order chi connectivity index (χ1) is 13.4. The van der Waals surface area contributed by atoms with E-state index in [1.165, 1.54) is 18.2 Å². The van der Waals surface area contributed by atoms with Crippen molar-refractivity contribution in [2.24, 2.45) is 0 Å². The van der Waals surface area contributed by atoms with Crippen LogP contribution in [0.15, 0.2) is 72.8 Å². The summed E-state index contributed by atoms with van der Waals surface area (Å²) in [5.74, 6) is -0.743. The van der Waals surface area contributed by atoms with E-state index < -0.39 is 10.8 Å². The van der Waals surface area contributed by atoms with Gasteiger partial charge in [0.05, 0.1) is 4.92 Å². The molecule has 0 bridgehead atoms. The Balaban J connectivity index is 1.74. The highest BCUT2D eigenvalue weighted by Gasteiger charge is 2.15. The number of hydrogen-bond acceptors (Lipinski definition) is 4. The number of nitro benzene ring substituents is 1. The van der Waals surface area contributed by atoms with Gasteiger partial charge in [0, 0.05) is 34.1 Å². The lowest BCUT2D eigenvalue weighted by molar-refractivity contribution is -0.385. The summed E-state index contributed by atoms with van der Waals surface area (Å²) >= 11 is 0. The van der Waals surface area contributed by atoms with E-state index in [0.717, 1.165) is 0 Å². The first kappa shape index (κ1) is 18.8. The zero-order chi connectivity index (χ0) is 20.1. The third-order valence-electron chi connectivity index (χ3n) is 4.08. The van der Waals surface area contributed by atoms with Crippen LogP contribution >= 0.6 is 0 Å². The van der Waals surface area contributed by atoms with Crippen molar-refractivity contribution in [2.75, 3.05) is 10.6 Å². The minimum atomic E-state index is -0.522. The van der Waals surface area contributed by atoms with Gasteiger partial charge in [-0.1, -0.05) is 30.3 Å². The molecule has 0 spiro atoms. The molecule has 7 heteroatoms. The third-order valence-corrected chi connectivity index (χ3v) is 4.08. The van der Waals surface area contributed by atoms with Gasteiger partial charge < -0.3 is 10.6 Å². The van der Waals surface area contributed by atoms with E-state index in [-0.39, 0.29) is 17.2 Å². The topological polar surface area (TPSA) is 101 Å². The smallest absolute Gasteiger partial charge is 0.273 e. The van der Waals surface area contributed by atoms with Crippen LogP contribution < -0.4 is 10.6 Å². The highest BCUT2D eigenvalue weighted by Crippen LogP contribution is 2.21. The number of carbonyl (C=O) groups excluding carboxylic acids is 2. The van der Waals surface area contributed by atoms with E-state index in [9.17, 15) is 19.7 Å². The number of anilines is 2. The average Bonchev–Trinajstić information content (AvgIpc) is 2.69. The number of benzene rings is 3. The second-order valence-electron chi connectivity index (χ2n) is 6.11.